The monoisotopic (exact) mass is 401 g/mol. The number of benzene rings is 2. The number of alkyl halides is 3. The zero-order chi connectivity index (χ0) is 20.2. The summed E-state index contributed by atoms with van der Waals surface area (Å²) in [6.07, 6.45) is -4.69. The van der Waals surface area contributed by atoms with Crippen molar-refractivity contribution in [3.05, 3.63) is 65.2 Å². The van der Waals surface area contributed by atoms with Crippen LogP contribution < -0.4 is 0 Å². The highest BCUT2D eigenvalue weighted by Crippen LogP contribution is 2.34. The molecule has 27 heavy (non-hydrogen) atoms. The van der Waals surface area contributed by atoms with Crippen LogP contribution in [-0.4, -0.2) is 32.3 Å². The third-order valence-electron chi connectivity index (χ3n) is 3.89. The topological polar surface area (TPSA) is 63.7 Å². The van der Waals surface area contributed by atoms with Gasteiger partial charge in [0.15, 0.2) is 0 Å². The number of halogens is 3. The van der Waals surface area contributed by atoms with Crippen molar-refractivity contribution in [1.82, 2.24) is 4.31 Å². The van der Waals surface area contributed by atoms with Crippen molar-refractivity contribution in [2.75, 3.05) is 13.7 Å². The van der Waals surface area contributed by atoms with Crippen molar-refractivity contribution >= 4 is 16.0 Å². The lowest BCUT2D eigenvalue weighted by Crippen LogP contribution is -2.36. The zero-order valence-corrected chi connectivity index (χ0v) is 15.5. The maximum atomic E-state index is 13.1. The van der Waals surface area contributed by atoms with Crippen LogP contribution in [0.4, 0.5) is 13.2 Å². The summed E-state index contributed by atoms with van der Waals surface area (Å²) >= 11 is 0. The number of ether oxygens (including phenoxy) is 1. The lowest BCUT2D eigenvalue weighted by Gasteiger charge is -2.22. The molecule has 2 aromatic rings. The van der Waals surface area contributed by atoms with Gasteiger partial charge < -0.3 is 4.74 Å². The standard InChI is InChI=1S/C18H18F3NO4S/c1-13-8-9-15(10-16(13)18(19,20)21)27(24,25)22(12-17(23)26-2)11-14-6-4-3-5-7-14/h3-10H,11-12H2,1-2H3. The van der Waals surface area contributed by atoms with E-state index in [4.69, 9.17) is 0 Å². The molecular weight excluding hydrogens is 383 g/mol. The summed E-state index contributed by atoms with van der Waals surface area (Å²) in [4.78, 5) is 11.1. The second kappa shape index (κ2) is 8.10. The highest BCUT2D eigenvalue weighted by molar-refractivity contribution is 7.89. The molecule has 0 radical (unpaired) electrons. The number of esters is 1. The van der Waals surface area contributed by atoms with Gasteiger partial charge in [-0.1, -0.05) is 36.4 Å². The molecule has 0 bridgehead atoms. The molecule has 9 heteroatoms. The first-order valence-corrected chi connectivity index (χ1v) is 9.28. The van der Waals surface area contributed by atoms with E-state index >= 15 is 0 Å². The third-order valence-corrected chi connectivity index (χ3v) is 5.67. The Balaban J connectivity index is 2.48. The average molecular weight is 401 g/mol. The average Bonchev–Trinajstić information content (AvgIpc) is 2.61. The van der Waals surface area contributed by atoms with Crippen LogP contribution in [0.5, 0.6) is 0 Å². The lowest BCUT2D eigenvalue weighted by atomic mass is 10.1. The molecule has 0 N–H and O–H groups in total. The van der Waals surface area contributed by atoms with E-state index in [9.17, 15) is 26.4 Å². The number of sulfonamides is 1. The molecule has 2 rings (SSSR count). The number of rotatable bonds is 6. The molecule has 0 aromatic heterocycles. The van der Waals surface area contributed by atoms with Crippen molar-refractivity contribution in [3.63, 3.8) is 0 Å². The fourth-order valence-corrected chi connectivity index (χ4v) is 3.84. The Kier molecular flexibility index (Phi) is 6.27. The van der Waals surface area contributed by atoms with Gasteiger partial charge in [-0.2, -0.15) is 17.5 Å². The van der Waals surface area contributed by atoms with Crippen LogP contribution in [0.25, 0.3) is 0 Å². The van der Waals surface area contributed by atoms with Crippen LogP contribution in [0.15, 0.2) is 53.4 Å². The van der Waals surface area contributed by atoms with Crippen molar-refractivity contribution in [1.29, 1.82) is 0 Å². The maximum absolute atomic E-state index is 13.1. The molecule has 0 atom stereocenters. The normalized spacial score (nSPS) is 12.2. The number of methoxy groups -OCH3 is 1. The summed E-state index contributed by atoms with van der Waals surface area (Å²) in [5.41, 5.74) is -0.557. The number of hydrogen-bond donors (Lipinski definition) is 0. The van der Waals surface area contributed by atoms with Gasteiger partial charge in [0, 0.05) is 6.54 Å². The molecule has 0 aliphatic rings. The SMILES string of the molecule is COC(=O)CN(Cc1ccccc1)S(=O)(=O)c1ccc(C)c(C(F)(F)F)c1. The van der Waals surface area contributed by atoms with Gasteiger partial charge in [-0.3, -0.25) is 4.79 Å². The van der Waals surface area contributed by atoms with Gasteiger partial charge in [-0.05, 0) is 30.2 Å². The Labute approximate surface area is 155 Å². The molecule has 0 saturated carbocycles. The minimum Gasteiger partial charge on any atom is -0.468 e. The van der Waals surface area contributed by atoms with Crippen molar-refractivity contribution in [2.45, 2.75) is 24.5 Å². The number of aryl methyl sites for hydroxylation is 1. The van der Waals surface area contributed by atoms with Crippen molar-refractivity contribution in [3.8, 4) is 0 Å². The summed E-state index contributed by atoms with van der Waals surface area (Å²) in [5, 5.41) is 0. The fraction of sp³-hybridized carbons (Fsp3) is 0.278. The summed E-state index contributed by atoms with van der Waals surface area (Å²) in [5.74, 6) is -0.822. The molecule has 0 aliphatic heterocycles. The highest BCUT2D eigenvalue weighted by Gasteiger charge is 2.35. The number of carbonyl (C=O) groups excluding carboxylic acids is 1. The summed E-state index contributed by atoms with van der Waals surface area (Å²) in [7, 11) is -3.27. The molecule has 0 aliphatic carbocycles. The van der Waals surface area contributed by atoms with Gasteiger partial charge in [0.1, 0.15) is 6.54 Å². The van der Waals surface area contributed by atoms with E-state index in [1.807, 2.05) is 0 Å². The van der Waals surface area contributed by atoms with E-state index < -0.39 is 39.2 Å². The van der Waals surface area contributed by atoms with Gasteiger partial charge in [-0.25, -0.2) is 8.42 Å². The van der Waals surface area contributed by atoms with Gasteiger partial charge in [0.2, 0.25) is 10.0 Å². The molecule has 0 amide bonds. The predicted octanol–water partition coefficient (Wildman–Crippen LogP) is 3.38. The molecule has 146 valence electrons. The van der Waals surface area contributed by atoms with Gasteiger partial charge in [0.25, 0.3) is 0 Å². The smallest absolute Gasteiger partial charge is 0.416 e. The van der Waals surface area contributed by atoms with Crippen LogP contribution in [0.3, 0.4) is 0 Å². The Morgan fingerprint density at radius 3 is 2.30 bits per heavy atom. The molecule has 2 aromatic carbocycles. The molecule has 5 nitrogen and oxygen atoms in total. The summed E-state index contributed by atoms with van der Waals surface area (Å²) in [6, 6.07) is 11.2. The third kappa shape index (κ3) is 5.08. The molecular formula is C18H18F3NO4S. The molecule has 0 spiro atoms. The van der Waals surface area contributed by atoms with Crippen LogP contribution in [0.2, 0.25) is 0 Å². The lowest BCUT2D eigenvalue weighted by molar-refractivity contribution is -0.141. The first kappa shape index (κ1) is 20.9. The fourth-order valence-electron chi connectivity index (χ4n) is 2.44. The molecule has 0 saturated heterocycles. The Bertz CT molecular complexity index is 912. The minimum atomic E-state index is -4.69. The largest absolute Gasteiger partial charge is 0.468 e. The van der Waals surface area contributed by atoms with Crippen LogP contribution in [0.1, 0.15) is 16.7 Å². The van der Waals surface area contributed by atoms with E-state index in [1.54, 1.807) is 30.3 Å². The maximum Gasteiger partial charge on any atom is 0.416 e. The number of hydrogen-bond acceptors (Lipinski definition) is 4. The Morgan fingerprint density at radius 1 is 1.11 bits per heavy atom. The minimum absolute atomic E-state index is 0.0935. The first-order valence-electron chi connectivity index (χ1n) is 7.84. The van der Waals surface area contributed by atoms with E-state index in [2.05, 4.69) is 4.74 Å². The second-order valence-electron chi connectivity index (χ2n) is 5.81. The number of nitrogens with zero attached hydrogens (tertiary/aromatic N) is 1. The molecule has 0 heterocycles. The highest BCUT2D eigenvalue weighted by atomic mass is 32.2. The second-order valence-corrected chi connectivity index (χ2v) is 7.75. The quantitative estimate of drug-likeness (QED) is 0.697. The van der Waals surface area contributed by atoms with E-state index in [1.165, 1.54) is 6.92 Å². The first-order chi connectivity index (χ1) is 12.6. The van der Waals surface area contributed by atoms with E-state index in [0.29, 0.717) is 11.6 Å². The number of carbonyl (C=O) groups is 1. The van der Waals surface area contributed by atoms with Gasteiger partial charge >= 0.3 is 12.1 Å². The molecule has 0 unspecified atom stereocenters. The molecule has 0 fully saturated rings. The predicted molar refractivity (Wildman–Crippen MR) is 92.2 cm³/mol. The summed E-state index contributed by atoms with van der Waals surface area (Å²) < 4.78 is 70.6. The zero-order valence-electron chi connectivity index (χ0n) is 14.7. The van der Waals surface area contributed by atoms with E-state index in [-0.39, 0.29) is 12.1 Å². The van der Waals surface area contributed by atoms with Crippen molar-refractivity contribution < 1.29 is 31.1 Å². The summed E-state index contributed by atoms with van der Waals surface area (Å²) in [6.45, 7) is 0.436. The van der Waals surface area contributed by atoms with E-state index in [0.717, 1.165) is 23.5 Å². The van der Waals surface area contributed by atoms with Gasteiger partial charge in [-0.15, -0.1) is 0 Å². The Morgan fingerprint density at radius 2 is 1.74 bits per heavy atom. The van der Waals surface area contributed by atoms with Crippen LogP contribution >= 0.6 is 0 Å². The van der Waals surface area contributed by atoms with Gasteiger partial charge in [0.05, 0.1) is 17.6 Å². The van der Waals surface area contributed by atoms with Crippen molar-refractivity contribution in [2.24, 2.45) is 0 Å². The Hall–Kier alpha value is -2.39. The van der Waals surface area contributed by atoms with Crippen LogP contribution in [0, 0.1) is 6.92 Å². The van der Waals surface area contributed by atoms with Crippen LogP contribution in [-0.2, 0) is 32.3 Å².